The number of benzene rings is 1. The van der Waals surface area contributed by atoms with Gasteiger partial charge in [0.15, 0.2) is 0 Å². The highest BCUT2D eigenvalue weighted by atomic mass is 35.5. The lowest BCUT2D eigenvalue weighted by molar-refractivity contribution is 0.0988. The Morgan fingerprint density at radius 3 is 2.50 bits per heavy atom. The summed E-state index contributed by atoms with van der Waals surface area (Å²) < 4.78 is 25.9. The van der Waals surface area contributed by atoms with Crippen molar-refractivity contribution in [1.29, 1.82) is 0 Å². The summed E-state index contributed by atoms with van der Waals surface area (Å²) in [5, 5.41) is 17.8. The summed E-state index contributed by atoms with van der Waals surface area (Å²) in [6, 6.07) is 2.50. The van der Waals surface area contributed by atoms with E-state index in [0.29, 0.717) is 0 Å². The molecule has 0 aliphatic heterocycles. The number of sulfonamides is 1. The van der Waals surface area contributed by atoms with Crippen molar-refractivity contribution in [2.24, 2.45) is 0 Å². The molecule has 0 radical (unpaired) electrons. The Labute approximate surface area is 114 Å². The van der Waals surface area contributed by atoms with Crippen LogP contribution in [0.2, 0.25) is 10.0 Å². The third kappa shape index (κ3) is 3.71. The van der Waals surface area contributed by atoms with Crippen molar-refractivity contribution in [1.82, 2.24) is 4.72 Å². The summed E-state index contributed by atoms with van der Waals surface area (Å²) in [5.74, 6) is 0. The van der Waals surface area contributed by atoms with Crippen LogP contribution in [0.5, 0.6) is 0 Å². The molecule has 1 unspecified atom stereocenters. The van der Waals surface area contributed by atoms with Crippen LogP contribution in [0, 0.1) is 0 Å². The molecule has 1 aromatic carbocycles. The van der Waals surface area contributed by atoms with Gasteiger partial charge in [0.25, 0.3) is 0 Å². The summed E-state index contributed by atoms with van der Waals surface area (Å²) in [5.41, 5.74) is 5.45. The topological polar surface area (TPSA) is 113 Å². The Morgan fingerprint density at radius 1 is 1.39 bits per heavy atom. The van der Waals surface area contributed by atoms with Crippen LogP contribution in [-0.2, 0) is 10.0 Å². The van der Waals surface area contributed by atoms with Gasteiger partial charge in [0.2, 0.25) is 10.0 Å². The van der Waals surface area contributed by atoms with Crippen LogP contribution in [0.3, 0.4) is 0 Å². The van der Waals surface area contributed by atoms with Gasteiger partial charge in [0, 0.05) is 11.6 Å². The fourth-order valence-electron chi connectivity index (χ4n) is 1.21. The van der Waals surface area contributed by atoms with Gasteiger partial charge >= 0.3 is 0 Å². The predicted octanol–water partition coefficient (Wildman–Crippen LogP) is 0.207. The highest BCUT2D eigenvalue weighted by Gasteiger charge is 2.22. The third-order valence-corrected chi connectivity index (χ3v) is 4.19. The van der Waals surface area contributed by atoms with Gasteiger partial charge in [-0.15, -0.1) is 0 Å². The lowest BCUT2D eigenvalue weighted by atomic mass is 10.3. The molecule has 1 aromatic rings. The lowest BCUT2D eigenvalue weighted by Crippen LogP contribution is -2.34. The molecule has 6 nitrogen and oxygen atoms in total. The van der Waals surface area contributed by atoms with E-state index < -0.39 is 22.7 Å². The van der Waals surface area contributed by atoms with Crippen molar-refractivity contribution < 1.29 is 18.6 Å². The van der Waals surface area contributed by atoms with E-state index in [4.69, 9.17) is 39.1 Å². The predicted molar refractivity (Wildman–Crippen MR) is 69.2 cm³/mol. The molecule has 0 fully saturated rings. The molecular formula is C9H12Cl2N2O4S. The smallest absolute Gasteiger partial charge is 0.244 e. The SMILES string of the molecule is Nc1cc(Cl)cc(Cl)c1S(=O)(=O)NCC(O)CO. The number of hydrogen-bond donors (Lipinski definition) is 4. The number of aliphatic hydroxyl groups is 2. The van der Waals surface area contributed by atoms with Crippen molar-refractivity contribution in [2.45, 2.75) is 11.0 Å². The van der Waals surface area contributed by atoms with Crippen molar-refractivity contribution >= 4 is 38.9 Å². The number of rotatable bonds is 5. The van der Waals surface area contributed by atoms with Crippen LogP contribution < -0.4 is 10.5 Å². The maximum atomic E-state index is 11.9. The van der Waals surface area contributed by atoms with E-state index in [1.807, 2.05) is 0 Å². The fraction of sp³-hybridized carbons (Fsp3) is 0.333. The number of nitrogens with one attached hydrogen (secondary N) is 1. The monoisotopic (exact) mass is 314 g/mol. The molecular weight excluding hydrogens is 303 g/mol. The van der Waals surface area contributed by atoms with Gasteiger partial charge in [-0.25, -0.2) is 13.1 Å². The molecule has 9 heteroatoms. The average molecular weight is 315 g/mol. The van der Waals surface area contributed by atoms with Crippen LogP contribution in [0.1, 0.15) is 0 Å². The second kappa shape index (κ2) is 6.05. The van der Waals surface area contributed by atoms with Crippen molar-refractivity contribution in [2.75, 3.05) is 18.9 Å². The minimum atomic E-state index is -3.98. The third-order valence-electron chi connectivity index (χ3n) is 2.03. The van der Waals surface area contributed by atoms with E-state index in [9.17, 15) is 8.42 Å². The van der Waals surface area contributed by atoms with Gasteiger partial charge in [0.1, 0.15) is 4.90 Å². The van der Waals surface area contributed by atoms with Crippen molar-refractivity contribution in [3.63, 3.8) is 0 Å². The molecule has 5 N–H and O–H groups in total. The summed E-state index contributed by atoms with van der Waals surface area (Å²) in [7, 11) is -3.98. The van der Waals surface area contributed by atoms with Crippen LogP contribution >= 0.6 is 23.2 Å². The Kier molecular flexibility index (Phi) is 5.20. The largest absolute Gasteiger partial charge is 0.398 e. The number of nitrogen functional groups attached to an aromatic ring is 1. The van der Waals surface area contributed by atoms with Gasteiger partial charge in [0.05, 0.1) is 23.4 Å². The van der Waals surface area contributed by atoms with E-state index in [0.717, 1.165) is 0 Å². The number of hydrogen-bond acceptors (Lipinski definition) is 5. The van der Waals surface area contributed by atoms with E-state index in [1.165, 1.54) is 12.1 Å². The first-order chi connectivity index (χ1) is 8.27. The highest BCUT2D eigenvalue weighted by Crippen LogP contribution is 2.30. The average Bonchev–Trinajstić information content (AvgIpc) is 2.24. The Hall–Kier alpha value is -0.570. The van der Waals surface area contributed by atoms with Crippen LogP contribution in [0.15, 0.2) is 17.0 Å². The maximum Gasteiger partial charge on any atom is 0.244 e. The standard InChI is InChI=1S/C9H12Cl2N2O4S/c10-5-1-7(11)9(8(12)2-5)18(16,17)13-3-6(15)4-14/h1-2,6,13-15H,3-4,12H2. The summed E-state index contributed by atoms with van der Waals surface area (Å²) in [6.07, 6.45) is -1.20. The quantitative estimate of drug-likeness (QED) is 0.580. The number of anilines is 1. The van der Waals surface area contributed by atoms with Crippen molar-refractivity contribution in [3.05, 3.63) is 22.2 Å². The van der Waals surface area contributed by atoms with Gasteiger partial charge < -0.3 is 15.9 Å². The molecule has 1 rings (SSSR count). The fourth-order valence-corrected chi connectivity index (χ4v) is 3.26. The molecule has 0 aromatic heterocycles. The Bertz CT molecular complexity index is 512. The van der Waals surface area contributed by atoms with E-state index >= 15 is 0 Å². The van der Waals surface area contributed by atoms with E-state index in [1.54, 1.807) is 0 Å². The molecule has 0 saturated carbocycles. The Morgan fingerprint density at radius 2 is 2.00 bits per heavy atom. The second-order valence-electron chi connectivity index (χ2n) is 3.49. The summed E-state index contributed by atoms with van der Waals surface area (Å²) >= 11 is 11.4. The zero-order valence-electron chi connectivity index (χ0n) is 9.10. The zero-order chi connectivity index (χ0) is 13.9. The molecule has 18 heavy (non-hydrogen) atoms. The van der Waals surface area contributed by atoms with Crippen LogP contribution in [0.25, 0.3) is 0 Å². The van der Waals surface area contributed by atoms with Gasteiger partial charge in [-0.05, 0) is 12.1 Å². The van der Waals surface area contributed by atoms with E-state index in [-0.39, 0.29) is 27.2 Å². The molecule has 102 valence electrons. The van der Waals surface area contributed by atoms with Gasteiger partial charge in [-0.3, -0.25) is 0 Å². The normalized spacial score (nSPS) is 13.6. The lowest BCUT2D eigenvalue weighted by Gasteiger charge is -2.13. The highest BCUT2D eigenvalue weighted by molar-refractivity contribution is 7.89. The number of halogens is 2. The summed E-state index contributed by atoms with van der Waals surface area (Å²) in [4.78, 5) is -0.307. The second-order valence-corrected chi connectivity index (χ2v) is 6.04. The zero-order valence-corrected chi connectivity index (χ0v) is 11.4. The first-order valence-electron chi connectivity index (χ1n) is 4.81. The molecule has 0 saturated heterocycles. The van der Waals surface area contributed by atoms with E-state index in [2.05, 4.69) is 4.72 Å². The minimum absolute atomic E-state index is 0.0986. The van der Waals surface area contributed by atoms with Gasteiger partial charge in [-0.1, -0.05) is 23.2 Å². The molecule has 0 aliphatic rings. The minimum Gasteiger partial charge on any atom is -0.398 e. The first kappa shape index (κ1) is 15.5. The molecule has 0 spiro atoms. The maximum absolute atomic E-state index is 11.9. The Balaban J connectivity index is 3.06. The van der Waals surface area contributed by atoms with Crippen molar-refractivity contribution in [3.8, 4) is 0 Å². The molecule has 0 amide bonds. The molecule has 0 bridgehead atoms. The first-order valence-corrected chi connectivity index (χ1v) is 7.05. The molecule has 0 heterocycles. The van der Waals surface area contributed by atoms with Crippen LogP contribution in [0.4, 0.5) is 5.69 Å². The summed E-state index contributed by atoms with van der Waals surface area (Å²) in [6.45, 7) is -0.913. The van der Waals surface area contributed by atoms with Gasteiger partial charge in [-0.2, -0.15) is 0 Å². The number of aliphatic hydroxyl groups excluding tert-OH is 2. The number of nitrogens with two attached hydrogens (primary N) is 1. The van der Waals surface area contributed by atoms with Crippen LogP contribution in [-0.4, -0.2) is 37.9 Å². The molecule has 0 aliphatic carbocycles. The molecule has 1 atom stereocenters.